The molecule has 0 aromatic carbocycles. The molecule has 0 aliphatic heterocycles. The number of fused-ring (bicyclic) bond motifs is 1. The first-order valence-electron chi connectivity index (χ1n) is 15.6. The van der Waals surface area contributed by atoms with E-state index in [1.807, 2.05) is 0 Å². The van der Waals surface area contributed by atoms with Gasteiger partial charge in [0.2, 0.25) is 0 Å². The predicted octanol–water partition coefficient (Wildman–Crippen LogP) is 10.5. The van der Waals surface area contributed by atoms with Gasteiger partial charge in [-0.3, -0.25) is 0 Å². The standard InChI is InChI=1S/C33H64O2Si2/c1-24-17-19-33(10,26(21-24)22-34-36(11,12)30(3,4)5)29-18-20-32(9)25(2)15-16-28(32)27(29)23-35-37(13,14)31(6,7)8/h24,26-29H,2,15-23H2,1,3-14H3/t24-,26+,27-,28?,29?,32+,33-/m0/s1. The second kappa shape index (κ2) is 10.5. The summed E-state index contributed by atoms with van der Waals surface area (Å²) in [7, 11) is -3.58. The SMILES string of the molecule is C=C1CCC2[C@H](CO[Si](C)(C)C(C)(C)C)C([C@@]3(C)CC[C@H](C)C[C@@H]3CO[Si](C)(C)C(C)(C)C)CC[C@]12C. The Hall–Kier alpha value is 0.0938. The Morgan fingerprint density at radius 3 is 1.89 bits per heavy atom. The minimum atomic E-state index is -1.81. The third-order valence-electron chi connectivity index (χ3n) is 12.9. The quantitative estimate of drug-likeness (QED) is 0.233. The monoisotopic (exact) mass is 548 g/mol. The molecule has 2 unspecified atom stereocenters. The lowest BCUT2D eigenvalue weighted by molar-refractivity contribution is -0.0898. The molecular weight excluding hydrogens is 485 g/mol. The van der Waals surface area contributed by atoms with Gasteiger partial charge in [-0.2, -0.15) is 0 Å². The van der Waals surface area contributed by atoms with Crippen LogP contribution in [0.15, 0.2) is 12.2 Å². The minimum Gasteiger partial charge on any atom is -0.417 e. The van der Waals surface area contributed by atoms with E-state index in [0.717, 1.165) is 31.0 Å². The van der Waals surface area contributed by atoms with Crippen molar-refractivity contribution in [3.8, 4) is 0 Å². The highest BCUT2D eigenvalue weighted by Gasteiger charge is 2.57. The summed E-state index contributed by atoms with van der Waals surface area (Å²) in [4.78, 5) is 0. The van der Waals surface area contributed by atoms with Crippen LogP contribution in [0.1, 0.15) is 107 Å². The molecule has 0 bridgehead atoms. The summed E-state index contributed by atoms with van der Waals surface area (Å²) >= 11 is 0. The molecule has 3 aliphatic rings. The van der Waals surface area contributed by atoms with E-state index in [0.29, 0.717) is 22.7 Å². The van der Waals surface area contributed by atoms with Crippen molar-refractivity contribution in [2.24, 2.45) is 40.4 Å². The molecule has 3 fully saturated rings. The summed E-state index contributed by atoms with van der Waals surface area (Å²) in [6.45, 7) is 38.3. The summed E-state index contributed by atoms with van der Waals surface area (Å²) in [6.07, 6.45) is 9.23. The average Bonchev–Trinajstić information content (AvgIpc) is 3.06. The zero-order valence-electron chi connectivity index (χ0n) is 27.3. The van der Waals surface area contributed by atoms with Crippen LogP contribution >= 0.6 is 0 Å². The fourth-order valence-electron chi connectivity index (χ4n) is 7.67. The largest absolute Gasteiger partial charge is 0.417 e. The van der Waals surface area contributed by atoms with Gasteiger partial charge in [-0.1, -0.05) is 80.9 Å². The van der Waals surface area contributed by atoms with Crippen molar-refractivity contribution in [2.75, 3.05) is 13.2 Å². The number of allylic oxidation sites excluding steroid dienone is 1. The maximum absolute atomic E-state index is 7.09. The van der Waals surface area contributed by atoms with Crippen molar-refractivity contribution < 1.29 is 8.85 Å². The zero-order valence-corrected chi connectivity index (χ0v) is 29.3. The van der Waals surface area contributed by atoms with E-state index in [-0.39, 0.29) is 10.1 Å². The Morgan fingerprint density at radius 2 is 1.35 bits per heavy atom. The number of hydrogen-bond donors (Lipinski definition) is 0. The molecule has 7 atom stereocenters. The Morgan fingerprint density at radius 1 is 0.811 bits per heavy atom. The van der Waals surface area contributed by atoms with Crippen LogP contribution in [0.3, 0.4) is 0 Å². The van der Waals surface area contributed by atoms with Crippen molar-refractivity contribution in [3.05, 3.63) is 12.2 Å². The maximum Gasteiger partial charge on any atom is 0.191 e. The van der Waals surface area contributed by atoms with Crippen LogP contribution in [0.25, 0.3) is 0 Å². The number of hydrogen-bond acceptors (Lipinski definition) is 2. The molecule has 216 valence electrons. The molecule has 3 rings (SSSR count). The lowest BCUT2D eigenvalue weighted by atomic mass is 9.49. The molecule has 0 N–H and O–H groups in total. The molecule has 3 saturated carbocycles. The van der Waals surface area contributed by atoms with Crippen LogP contribution in [0.5, 0.6) is 0 Å². The van der Waals surface area contributed by atoms with Crippen LogP contribution in [0.4, 0.5) is 0 Å². The Bertz CT molecular complexity index is 819. The molecule has 0 aromatic rings. The minimum absolute atomic E-state index is 0.253. The molecule has 4 heteroatoms. The first-order chi connectivity index (χ1) is 16.7. The summed E-state index contributed by atoms with van der Waals surface area (Å²) in [5.41, 5.74) is 2.17. The van der Waals surface area contributed by atoms with Crippen molar-refractivity contribution in [1.82, 2.24) is 0 Å². The van der Waals surface area contributed by atoms with E-state index in [4.69, 9.17) is 8.85 Å². The highest BCUT2D eigenvalue weighted by atomic mass is 28.4. The van der Waals surface area contributed by atoms with Gasteiger partial charge in [0.25, 0.3) is 0 Å². The summed E-state index contributed by atoms with van der Waals surface area (Å²) < 4.78 is 14.1. The molecule has 0 spiro atoms. The molecule has 3 aliphatic carbocycles. The van der Waals surface area contributed by atoms with Gasteiger partial charge in [0.05, 0.1) is 0 Å². The van der Waals surface area contributed by atoms with E-state index in [1.54, 1.807) is 0 Å². The lowest BCUT2D eigenvalue weighted by Gasteiger charge is -2.57. The Labute approximate surface area is 234 Å². The molecule has 0 amide bonds. The molecule has 2 nitrogen and oxygen atoms in total. The van der Waals surface area contributed by atoms with Crippen LogP contribution in [0.2, 0.25) is 36.3 Å². The second-order valence-corrected chi connectivity index (χ2v) is 26.8. The van der Waals surface area contributed by atoms with E-state index in [9.17, 15) is 0 Å². The van der Waals surface area contributed by atoms with E-state index >= 15 is 0 Å². The van der Waals surface area contributed by atoms with Crippen LogP contribution in [-0.4, -0.2) is 29.8 Å². The predicted molar refractivity (Wildman–Crippen MR) is 167 cm³/mol. The zero-order chi connectivity index (χ0) is 28.2. The fraction of sp³-hybridized carbons (Fsp3) is 0.939. The number of rotatable bonds is 7. The van der Waals surface area contributed by atoms with Crippen LogP contribution < -0.4 is 0 Å². The van der Waals surface area contributed by atoms with Gasteiger partial charge in [0.1, 0.15) is 0 Å². The smallest absolute Gasteiger partial charge is 0.191 e. The highest BCUT2D eigenvalue weighted by Crippen LogP contribution is 2.64. The Balaban J connectivity index is 1.93. The van der Waals surface area contributed by atoms with Gasteiger partial charge in [-0.25, -0.2) is 0 Å². The maximum atomic E-state index is 7.09. The van der Waals surface area contributed by atoms with Crippen LogP contribution in [-0.2, 0) is 8.85 Å². The topological polar surface area (TPSA) is 18.5 Å². The summed E-state index contributed by atoms with van der Waals surface area (Å²) in [5.74, 6) is 3.55. The van der Waals surface area contributed by atoms with E-state index in [1.165, 1.54) is 50.5 Å². The van der Waals surface area contributed by atoms with E-state index in [2.05, 4.69) is 95.1 Å². The molecule has 0 radical (unpaired) electrons. The molecule has 0 saturated heterocycles. The van der Waals surface area contributed by atoms with Crippen LogP contribution in [0, 0.1) is 40.4 Å². The van der Waals surface area contributed by atoms with Gasteiger partial charge in [-0.15, -0.1) is 0 Å². The highest BCUT2D eigenvalue weighted by molar-refractivity contribution is 6.74. The molecule has 37 heavy (non-hydrogen) atoms. The van der Waals surface area contributed by atoms with E-state index < -0.39 is 16.6 Å². The lowest BCUT2D eigenvalue weighted by Crippen LogP contribution is -2.54. The van der Waals surface area contributed by atoms with Gasteiger partial charge >= 0.3 is 0 Å². The first kappa shape index (κ1) is 31.6. The van der Waals surface area contributed by atoms with Gasteiger partial charge in [-0.05, 0) is 115 Å². The normalized spacial score (nSPS) is 38.1. The summed E-state index contributed by atoms with van der Waals surface area (Å²) in [5, 5.41) is 0.517. The van der Waals surface area contributed by atoms with Gasteiger partial charge < -0.3 is 8.85 Å². The van der Waals surface area contributed by atoms with Crippen molar-refractivity contribution in [2.45, 2.75) is 144 Å². The van der Waals surface area contributed by atoms with Crippen molar-refractivity contribution in [1.29, 1.82) is 0 Å². The first-order valence-corrected chi connectivity index (χ1v) is 21.4. The van der Waals surface area contributed by atoms with Crippen molar-refractivity contribution >= 4 is 16.6 Å². The second-order valence-electron chi connectivity index (χ2n) is 17.2. The van der Waals surface area contributed by atoms with Gasteiger partial charge in [0, 0.05) is 13.2 Å². The third-order valence-corrected chi connectivity index (χ3v) is 21.9. The molecule has 0 heterocycles. The van der Waals surface area contributed by atoms with Crippen molar-refractivity contribution in [3.63, 3.8) is 0 Å². The third kappa shape index (κ3) is 6.08. The summed E-state index contributed by atoms with van der Waals surface area (Å²) in [6, 6.07) is 0. The molecular formula is C33H64O2Si2. The fourth-order valence-corrected chi connectivity index (χ4v) is 9.77. The average molecular weight is 549 g/mol. The molecule has 0 aromatic heterocycles. The van der Waals surface area contributed by atoms with Gasteiger partial charge in [0.15, 0.2) is 16.6 Å². The Kier molecular flexibility index (Phi) is 8.97.